The minimum atomic E-state index is 0.285. The van der Waals surface area contributed by atoms with Crippen molar-refractivity contribution < 1.29 is 5.11 Å². The van der Waals surface area contributed by atoms with Crippen LogP contribution in [-0.2, 0) is 0 Å². The summed E-state index contributed by atoms with van der Waals surface area (Å²) in [6.45, 7) is 1.96. The third-order valence-electron chi connectivity index (χ3n) is 3.77. The molecule has 0 bridgehead atoms. The van der Waals surface area contributed by atoms with E-state index in [4.69, 9.17) is 11.6 Å². The highest BCUT2D eigenvalue weighted by Crippen LogP contribution is 2.30. The van der Waals surface area contributed by atoms with E-state index in [1.807, 2.05) is 18.3 Å². The van der Waals surface area contributed by atoms with Gasteiger partial charge in [0.15, 0.2) is 0 Å². The van der Waals surface area contributed by atoms with Gasteiger partial charge in [-0.2, -0.15) is 0 Å². The molecule has 4 heteroatoms. The molecule has 1 aliphatic heterocycles. The van der Waals surface area contributed by atoms with E-state index >= 15 is 0 Å². The van der Waals surface area contributed by atoms with Gasteiger partial charge in [-0.25, -0.2) is 4.98 Å². The summed E-state index contributed by atoms with van der Waals surface area (Å²) in [6.07, 6.45) is 4.17. The number of pyridine rings is 1. The van der Waals surface area contributed by atoms with Crippen LogP contribution in [0.3, 0.4) is 0 Å². The molecule has 1 aromatic carbocycles. The number of hydrogen-bond acceptors (Lipinski definition) is 3. The zero-order valence-corrected chi connectivity index (χ0v) is 11.5. The number of nitrogens with zero attached hydrogens (tertiary/aromatic N) is 2. The van der Waals surface area contributed by atoms with Gasteiger partial charge in [0.25, 0.3) is 0 Å². The highest BCUT2D eigenvalue weighted by atomic mass is 35.5. The number of anilines is 1. The summed E-state index contributed by atoms with van der Waals surface area (Å²) in [5.74, 6) is 2.48. The van der Waals surface area contributed by atoms with Gasteiger partial charge < -0.3 is 10.0 Å². The van der Waals surface area contributed by atoms with Crippen molar-refractivity contribution in [1.29, 1.82) is 0 Å². The number of aromatic hydroxyl groups is 1. The molecule has 1 atom stereocenters. The second-order valence-electron chi connectivity index (χ2n) is 5.15. The summed E-state index contributed by atoms with van der Waals surface area (Å²) < 4.78 is 0. The number of fused-ring (bicyclic) bond motifs is 1. The van der Waals surface area contributed by atoms with Crippen LogP contribution in [-0.4, -0.2) is 29.1 Å². The molecule has 3 rings (SSSR count). The van der Waals surface area contributed by atoms with Gasteiger partial charge in [-0.1, -0.05) is 6.07 Å². The van der Waals surface area contributed by atoms with Crippen LogP contribution in [0.2, 0.25) is 0 Å². The van der Waals surface area contributed by atoms with Crippen LogP contribution in [0.25, 0.3) is 10.8 Å². The SMILES string of the molecule is Oc1ccc2ccnc(N3CCCC(CCl)C3)c2c1. The van der Waals surface area contributed by atoms with Gasteiger partial charge in [-0.15, -0.1) is 11.6 Å². The summed E-state index contributed by atoms with van der Waals surface area (Å²) in [5.41, 5.74) is 0. The monoisotopic (exact) mass is 276 g/mol. The number of hydrogen-bond donors (Lipinski definition) is 1. The third kappa shape index (κ3) is 2.47. The van der Waals surface area contributed by atoms with Gasteiger partial charge in [0.05, 0.1) is 0 Å². The molecular weight excluding hydrogens is 260 g/mol. The van der Waals surface area contributed by atoms with Crippen molar-refractivity contribution in [3.05, 3.63) is 30.5 Å². The third-order valence-corrected chi connectivity index (χ3v) is 4.20. The smallest absolute Gasteiger partial charge is 0.136 e. The lowest BCUT2D eigenvalue weighted by molar-refractivity contribution is 0.449. The molecule has 0 spiro atoms. The van der Waals surface area contributed by atoms with E-state index < -0.39 is 0 Å². The van der Waals surface area contributed by atoms with Crippen molar-refractivity contribution in [3.8, 4) is 5.75 Å². The minimum Gasteiger partial charge on any atom is -0.508 e. The molecule has 1 saturated heterocycles. The highest BCUT2D eigenvalue weighted by Gasteiger charge is 2.21. The van der Waals surface area contributed by atoms with E-state index in [1.165, 1.54) is 6.42 Å². The Hall–Kier alpha value is -1.48. The van der Waals surface area contributed by atoms with E-state index in [1.54, 1.807) is 12.1 Å². The summed E-state index contributed by atoms with van der Waals surface area (Å²) in [5, 5.41) is 11.8. The van der Waals surface area contributed by atoms with Gasteiger partial charge in [0.1, 0.15) is 11.6 Å². The Morgan fingerprint density at radius 3 is 3.11 bits per heavy atom. The number of aromatic nitrogens is 1. The maximum absolute atomic E-state index is 9.68. The molecule has 1 aromatic heterocycles. The first-order valence-electron chi connectivity index (χ1n) is 6.66. The molecule has 1 unspecified atom stereocenters. The summed E-state index contributed by atoms with van der Waals surface area (Å²) >= 11 is 5.99. The Balaban J connectivity index is 2.02. The molecule has 2 aromatic rings. The molecule has 3 nitrogen and oxygen atoms in total. The molecular formula is C15H17ClN2O. The van der Waals surface area contributed by atoms with Crippen molar-refractivity contribution in [2.45, 2.75) is 12.8 Å². The van der Waals surface area contributed by atoms with Crippen LogP contribution in [0.1, 0.15) is 12.8 Å². The van der Waals surface area contributed by atoms with Crippen molar-refractivity contribution in [2.75, 3.05) is 23.9 Å². The fourth-order valence-electron chi connectivity index (χ4n) is 2.78. The van der Waals surface area contributed by atoms with Crippen molar-refractivity contribution >= 4 is 28.2 Å². The molecule has 0 radical (unpaired) electrons. The van der Waals surface area contributed by atoms with E-state index in [0.717, 1.165) is 36.1 Å². The predicted octanol–water partition coefficient (Wildman–Crippen LogP) is 3.40. The van der Waals surface area contributed by atoms with Gasteiger partial charge in [-0.3, -0.25) is 0 Å². The number of piperidine rings is 1. The quantitative estimate of drug-likeness (QED) is 0.854. The van der Waals surface area contributed by atoms with E-state index in [0.29, 0.717) is 11.8 Å². The topological polar surface area (TPSA) is 36.4 Å². The first-order valence-corrected chi connectivity index (χ1v) is 7.20. The van der Waals surface area contributed by atoms with Crippen LogP contribution < -0.4 is 4.90 Å². The molecule has 19 heavy (non-hydrogen) atoms. The zero-order chi connectivity index (χ0) is 13.2. The van der Waals surface area contributed by atoms with E-state index in [2.05, 4.69) is 9.88 Å². The summed E-state index contributed by atoms with van der Waals surface area (Å²) in [7, 11) is 0. The normalized spacial score (nSPS) is 19.8. The number of alkyl halides is 1. The average molecular weight is 277 g/mol. The fourth-order valence-corrected chi connectivity index (χ4v) is 3.03. The predicted molar refractivity (Wildman–Crippen MR) is 79.1 cm³/mol. The number of rotatable bonds is 2. The number of benzene rings is 1. The van der Waals surface area contributed by atoms with Crippen LogP contribution in [0.4, 0.5) is 5.82 Å². The molecule has 0 saturated carbocycles. The lowest BCUT2D eigenvalue weighted by Crippen LogP contribution is -2.36. The second kappa shape index (κ2) is 5.25. The first kappa shape index (κ1) is 12.5. The highest BCUT2D eigenvalue weighted by molar-refractivity contribution is 6.18. The fraction of sp³-hybridized carbons (Fsp3) is 0.400. The molecule has 1 N–H and O–H groups in total. The van der Waals surface area contributed by atoms with Crippen LogP contribution in [0.15, 0.2) is 30.5 Å². The summed E-state index contributed by atoms with van der Waals surface area (Å²) in [6, 6.07) is 7.41. The molecule has 0 amide bonds. The first-order chi connectivity index (χ1) is 9.28. The lowest BCUT2D eigenvalue weighted by atomic mass is 9.99. The van der Waals surface area contributed by atoms with Crippen LogP contribution in [0, 0.1) is 5.92 Å². The molecule has 100 valence electrons. The Labute approximate surface area is 117 Å². The van der Waals surface area contributed by atoms with Gasteiger partial charge >= 0.3 is 0 Å². The van der Waals surface area contributed by atoms with Gasteiger partial charge in [-0.05, 0) is 42.3 Å². The largest absolute Gasteiger partial charge is 0.508 e. The Kier molecular flexibility index (Phi) is 3.47. The van der Waals surface area contributed by atoms with Crippen LogP contribution in [0.5, 0.6) is 5.75 Å². The lowest BCUT2D eigenvalue weighted by Gasteiger charge is -2.33. The second-order valence-corrected chi connectivity index (χ2v) is 5.46. The maximum atomic E-state index is 9.68. The Bertz CT molecular complexity index is 587. The Morgan fingerprint density at radius 2 is 2.26 bits per heavy atom. The molecule has 1 fully saturated rings. The average Bonchev–Trinajstić information content (AvgIpc) is 2.46. The minimum absolute atomic E-state index is 0.285. The molecule has 2 heterocycles. The number of phenols is 1. The number of halogens is 1. The van der Waals surface area contributed by atoms with E-state index in [-0.39, 0.29) is 5.75 Å². The van der Waals surface area contributed by atoms with E-state index in [9.17, 15) is 5.11 Å². The van der Waals surface area contributed by atoms with Crippen molar-refractivity contribution in [3.63, 3.8) is 0 Å². The standard InChI is InChI=1S/C15H17ClN2O/c16-9-11-2-1-7-18(10-11)15-14-8-13(19)4-3-12(14)5-6-17-15/h3-6,8,11,19H,1-2,7,9-10H2. The maximum Gasteiger partial charge on any atom is 0.136 e. The zero-order valence-electron chi connectivity index (χ0n) is 10.7. The van der Waals surface area contributed by atoms with Crippen LogP contribution >= 0.6 is 11.6 Å². The van der Waals surface area contributed by atoms with Gasteiger partial charge in [0.2, 0.25) is 0 Å². The summed E-state index contributed by atoms with van der Waals surface area (Å²) in [4.78, 5) is 6.80. The number of phenolic OH excluding ortho intramolecular Hbond substituents is 1. The van der Waals surface area contributed by atoms with Gasteiger partial charge in [0, 0.05) is 30.6 Å². The molecule has 1 aliphatic rings. The van der Waals surface area contributed by atoms with Crippen molar-refractivity contribution in [1.82, 2.24) is 4.98 Å². The Morgan fingerprint density at radius 1 is 1.37 bits per heavy atom. The molecule has 0 aliphatic carbocycles. The van der Waals surface area contributed by atoms with Crippen molar-refractivity contribution in [2.24, 2.45) is 5.92 Å².